The summed E-state index contributed by atoms with van der Waals surface area (Å²) >= 11 is 0. The molecule has 1 amide bonds. The van der Waals surface area contributed by atoms with Crippen LogP contribution in [0.4, 0.5) is 0 Å². The third-order valence-electron chi connectivity index (χ3n) is 4.43. The fourth-order valence-electron chi connectivity index (χ4n) is 3.17. The normalized spacial score (nSPS) is 21.0. The Bertz CT molecular complexity index is 636. The van der Waals surface area contributed by atoms with E-state index in [9.17, 15) is 4.79 Å². The van der Waals surface area contributed by atoms with Crippen LogP contribution in [0.15, 0.2) is 6.20 Å². The molecule has 21 heavy (non-hydrogen) atoms. The summed E-state index contributed by atoms with van der Waals surface area (Å²) in [7, 11) is 1.90. The van der Waals surface area contributed by atoms with E-state index in [1.54, 1.807) is 4.68 Å². The van der Waals surface area contributed by atoms with Crippen LogP contribution in [0.25, 0.3) is 11.0 Å². The van der Waals surface area contributed by atoms with Gasteiger partial charge in [0.25, 0.3) is 0 Å². The van der Waals surface area contributed by atoms with Crippen molar-refractivity contribution < 1.29 is 4.79 Å². The Hall–Kier alpha value is -1.85. The van der Waals surface area contributed by atoms with Gasteiger partial charge in [0, 0.05) is 20.1 Å². The number of hydrogen-bond acceptors (Lipinski definition) is 3. The summed E-state index contributed by atoms with van der Waals surface area (Å²) in [6, 6.07) is -0.262. The Labute approximate surface area is 124 Å². The molecule has 3 rings (SSSR count). The summed E-state index contributed by atoms with van der Waals surface area (Å²) in [6.07, 6.45) is 4.24. The Morgan fingerprint density at radius 3 is 2.86 bits per heavy atom. The number of nitrogens with zero attached hydrogens (tertiary/aromatic N) is 5. The lowest BCUT2D eigenvalue weighted by Gasteiger charge is -2.32. The molecular weight excluding hydrogens is 266 g/mol. The van der Waals surface area contributed by atoms with Gasteiger partial charge in [-0.2, -0.15) is 10.2 Å². The van der Waals surface area contributed by atoms with Crippen molar-refractivity contribution in [1.29, 1.82) is 0 Å². The van der Waals surface area contributed by atoms with Crippen molar-refractivity contribution in [3.8, 4) is 0 Å². The van der Waals surface area contributed by atoms with Crippen LogP contribution in [0.1, 0.15) is 38.4 Å². The van der Waals surface area contributed by atoms with Gasteiger partial charge in [-0.25, -0.2) is 0 Å². The Kier molecular flexibility index (Phi) is 3.47. The second-order valence-corrected chi connectivity index (χ2v) is 6.26. The number of likely N-dealkylation sites (tertiary alicyclic amines) is 1. The molecule has 0 N–H and O–H groups in total. The van der Waals surface area contributed by atoms with Gasteiger partial charge in [0.15, 0.2) is 0 Å². The van der Waals surface area contributed by atoms with Crippen LogP contribution < -0.4 is 0 Å². The summed E-state index contributed by atoms with van der Waals surface area (Å²) in [6.45, 7) is 7.81. The fraction of sp³-hybridized carbons (Fsp3) is 0.667. The molecule has 0 bridgehead atoms. The summed E-state index contributed by atoms with van der Waals surface area (Å²) in [5.41, 5.74) is 2.75. The average Bonchev–Trinajstić information content (AvgIpc) is 3.00. The van der Waals surface area contributed by atoms with Crippen molar-refractivity contribution in [3.05, 3.63) is 11.9 Å². The standard InChI is InChI=1S/C15H23N5O/c1-10-6-5-7-19(8-10)15(21)12(3)20-9-13-14(17-20)11(2)16-18(13)4/h9-10,12H,5-8H2,1-4H3/t10-,12+/m1/s1. The van der Waals surface area contributed by atoms with Crippen LogP contribution in [0.2, 0.25) is 0 Å². The molecule has 6 heteroatoms. The van der Waals surface area contributed by atoms with Gasteiger partial charge in [0.1, 0.15) is 17.1 Å². The number of hydrogen-bond donors (Lipinski definition) is 0. The summed E-state index contributed by atoms with van der Waals surface area (Å²) in [5.74, 6) is 0.762. The highest BCUT2D eigenvalue weighted by atomic mass is 16.2. The molecule has 0 aromatic carbocycles. The van der Waals surface area contributed by atoms with Gasteiger partial charge in [0.05, 0.1) is 11.9 Å². The van der Waals surface area contributed by atoms with E-state index in [-0.39, 0.29) is 11.9 Å². The van der Waals surface area contributed by atoms with Gasteiger partial charge in [-0.3, -0.25) is 14.2 Å². The molecule has 1 saturated heterocycles. The molecule has 0 radical (unpaired) electrons. The van der Waals surface area contributed by atoms with Gasteiger partial charge in [0.2, 0.25) is 5.91 Å². The minimum atomic E-state index is -0.262. The minimum Gasteiger partial charge on any atom is -0.341 e. The monoisotopic (exact) mass is 289 g/mol. The molecule has 2 aromatic heterocycles. The lowest BCUT2D eigenvalue weighted by Crippen LogP contribution is -2.42. The van der Waals surface area contributed by atoms with E-state index in [2.05, 4.69) is 17.1 Å². The zero-order valence-electron chi connectivity index (χ0n) is 13.2. The van der Waals surface area contributed by atoms with E-state index in [4.69, 9.17) is 0 Å². The number of aryl methyl sites for hydroxylation is 2. The SMILES string of the molecule is Cc1nn(C)c2cn([C@@H](C)C(=O)N3CCC[C@@H](C)C3)nc12. The lowest BCUT2D eigenvalue weighted by atomic mass is 10.00. The molecule has 0 spiro atoms. The first-order valence-electron chi connectivity index (χ1n) is 7.64. The maximum atomic E-state index is 12.7. The third-order valence-corrected chi connectivity index (χ3v) is 4.43. The largest absolute Gasteiger partial charge is 0.341 e. The zero-order valence-corrected chi connectivity index (χ0v) is 13.2. The Morgan fingerprint density at radius 1 is 1.43 bits per heavy atom. The van der Waals surface area contributed by atoms with Gasteiger partial charge < -0.3 is 4.90 Å². The topological polar surface area (TPSA) is 56.0 Å². The number of amides is 1. The van der Waals surface area contributed by atoms with E-state index >= 15 is 0 Å². The van der Waals surface area contributed by atoms with E-state index < -0.39 is 0 Å². The molecule has 0 unspecified atom stereocenters. The Morgan fingerprint density at radius 2 is 2.19 bits per heavy atom. The van der Waals surface area contributed by atoms with Crippen molar-refractivity contribution in [2.24, 2.45) is 13.0 Å². The Balaban J connectivity index is 1.84. The first-order valence-corrected chi connectivity index (χ1v) is 7.64. The van der Waals surface area contributed by atoms with Crippen molar-refractivity contribution in [1.82, 2.24) is 24.5 Å². The predicted molar refractivity (Wildman–Crippen MR) is 80.9 cm³/mol. The highest BCUT2D eigenvalue weighted by Crippen LogP contribution is 2.21. The highest BCUT2D eigenvalue weighted by molar-refractivity contribution is 5.82. The first kappa shape index (κ1) is 14.1. The molecule has 6 nitrogen and oxygen atoms in total. The first-order chi connectivity index (χ1) is 9.97. The van der Waals surface area contributed by atoms with Gasteiger partial charge in [-0.05, 0) is 32.6 Å². The van der Waals surface area contributed by atoms with Crippen LogP contribution in [0.5, 0.6) is 0 Å². The number of fused-ring (bicyclic) bond motifs is 1. The van der Waals surface area contributed by atoms with Crippen LogP contribution in [0.3, 0.4) is 0 Å². The quantitative estimate of drug-likeness (QED) is 0.848. The maximum absolute atomic E-state index is 12.7. The lowest BCUT2D eigenvalue weighted by molar-refractivity contribution is -0.136. The van der Waals surface area contributed by atoms with Gasteiger partial charge in [-0.15, -0.1) is 0 Å². The van der Waals surface area contributed by atoms with Crippen molar-refractivity contribution >= 4 is 16.9 Å². The summed E-state index contributed by atoms with van der Waals surface area (Å²) in [4.78, 5) is 14.6. The minimum absolute atomic E-state index is 0.167. The van der Waals surface area contributed by atoms with E-state index in [1.807, 2.05) is 36.7 Å². The van der Waals surface area contributed by atoms with Gasteiger partial charge in [-0.1, -0.05) is 6.92 Å². The molecule has 2 aromatic rings. The number of carbonyl (C=O) groups is 1. The average molecular weight is 289 g/mol. The predicted octanol–water partition coefficient (Wildman–Crippen LogP) is 1.90. The van der Waals surface area contributed by atoms with Crippen LogP contribution in [-0.4, -0.2) is 43.5 Å². The molecule has 1 aliphatic rings. The molecule has 1 aliphatic heterocycles. The van der Waals surface area contributed by atoms with Crippen LogP contribution in [0, 0.1) is 12.8 Å². The smallest absolute Gasteiger partial charge is 0.247 e. The highest BCUT2D eigenvalue weighted by Gasteiger charge is 2.27. The van der Waals surface area contributed by atoms with Crippen molar-refractivity contribution in [3.63, 3.8) is 0 Å². The zero-order chi connectivity index (χ0) is 15.1. The maximum Gasteiger partial charge on any atom is 0.247 e. The number of rotatable bonds is 2. The van der Waals surface area contributed by atoms with Crippen molar-refractivity contribution in [2.75, 3.05) is 13.1 Å². The second kappa shape index (κ2) is 5.16. The molecule has 3 heterocycles. The molecule has 2 atom stereocenters. The molecule has 0 saturated carbocycles. The second-order valence-electron chi connectivity index (χ2n) is 6.26. The number of piperidine rings is 1. The van der Waals surface area contributed by atoms with Crippen LogP contribution in [-0.2, 0) is 11.8 Å². The fourth-order valence-corrected chi connectivity index (χ4v) is 3.17. The van der Waals surface area contributed by atoms with E-state index in [0.717, 1.165) is 36.2 Å². The van der Waals surface area contributed by atoms with Gasteiger partial charge >= 0.3 is 0 Å². The molecular formula is C15H23N5O. The van der Waals surface area contributed by atoms with Crippen LogP contribution >= 0.6 is 0 Å². The summed E-state index contributed by atoms with van der Waals surface area (Å²) < 4.78 is 3.59. The van der Waals surface area contributed by atoms with Crippen molar-refractivity contribution in [2.45, 2.75) is 39.7 Å². The summed E-state index contributed by atoms with van der Waals surface area (Å²) in [5, 5.41) is 8.89. The molecule has 0 aliphatic carbocycles. The third kappa shape index (κ3) is 2.43. The molecule has 114 valence electrons. The van der Waals surface area contributed by atoms with E-state index in [1.165, 1.54) is 6.42 Å². The number of aromatic nitrogens is 4. The van der Waals surface area contributed by atoms with E-state index in [0.29, 0.717) is 5.92 Å². The number of carbonyl (C=O) groups excluding carboxylic acids is 1. The molecule has 1 fully saturated rings.